The number of amides is 1. The molecule has 1 heterocycles. The Labute approximate surface area is 155 Å². The van der Waals surface area contributed by atoms with Gasteiger partial charge in [0.2, 0.25) is 5.91 Å². The number of aromatic nitrogens is 3. The van der Waals surface area contributed by atoms with Crippen molar-refractivity contribution in [1.82, 2.24) is 20.1 Å². The molecule has 0 bridgehead atoms. The van der Waals surface area contributed by atoms with Gasteiger partial charge < -0.3 is 9.88 Å². The van der Waals surface area contributed by atoms with E-state index in [1.165, 1.54) is 43.2 Å². The summed E-state index contributed by atoms with van der Waals surface area (Å²) in [6.07, 6.45) is 5.71. The first kappa shape index (κ1) is 18.4. The van der Waals surface area contributed by atoms with Crippen LogP contribution in [0.4, 0.5) is 5.69 Å². The fraction of sp³-hybridized carbons (Fsp3) is 0.471. The Balaban J connectivity index is 1.62. The Bertz CT molecular complexity index is 801. The summed E-state index contributed by atoms with van der Waals surface area (Å²) in [5.74, 6) is 0.808. The molecule has 26 heavy (non-hydrogen) atoms. The lowest BCUT2D eigenvalue weighted by Gasteiger charge is -2.22. The number of nitro benzene ring substituents is 1. The van der Waals surface area contributed by atoms with Gasteiger partial charge in [-0.05, 0) is 12.8 Å². The summed E-state index contributed by atoms with van der Waals surface area (Å²) in [5, 5.41) is 22.8. The first-order valence-corrected chi connectivity index (χ1v) is 9.59. The molecule has 0 spiro atoms. The second-order valence-corrected chi connectivity index (χ2v) is 7.31. The SMILES string of the molecule is Cn1c(SCC(=O)NC2CCCCC2)nnc1-c1cccc([N+](=O)[O-])c1. The van der Waals surface area contributed by atoms with Gasteiger partial charge in [0.25, 0.3) is 5.69 Å². The van der Waals surface area contributed by atoms with Crippen molar-refractivity contribution >= 4 is 23.4 Å². The van der Waals surface area contributed by atoms with Crippen molar-refractivity contribution in [2.24, 2.45) is 7.05 Å². The van der Waals surface area contributed by atoms with E-state index in [0.29, 0.717) is 16.5 Å². The van der Waals surface area contributed by atoms with Crippen molar-refractivity contribution in [3.05, 3.63) is 34.4 Å². The van der Waals surface area contributed by atoms with Crippen LogP contribution in [0.15, 0.2) is 29.4 Å². The molecule has 1 saturated carbocycles. The molecule has 0 aliphatic heterocycles. The van der Waals surface area contributed by atoms with Gasteiger partial charge in [-0.1, -0.05) is 43.2 Å². The fourth-order valence-corrected chi connectivity index (χ4v) is 3.82. The van der Waals surface area contributed by atoms with Gasteiger partial charge in [0.1, 0.15) is 0 Å². The molecule has 3 rings (SSSR count). The zero-order valence-corrected chi connectivity index (χ0v) is 15.4. The van der Waals surface area contributed by atoms with Gasteiger partial charge in [-0.2, -0.15) is 0 Å². The average Bonchev–Trinajstić information content (AvgIpc) is 3.01. The molecule has 1 fully saturated rings. The molecular weight excluding hydrogens is 354 g/mol. The first-order chi connectivity index (χ1) is 12.5. The van der Waals surface area contributed by atoms with Crippen LogP contribution in [0, 0.1) is 10.1 Å². The zero-order chi connectivity index (χ0) is 18.5. The summed E-state index contributed by atoms with van der Waals surface area (Å²) in [6, 6.07) is 6.56. The van der Waals surface area contributed by atoms with Crippen LogP contribution < -0.4 is 5.32 Å². The molecule has 0 atom stereocenters. The largest absolute Gasteiger partial charge is 0.353 e. The third-order valence-electron chi connectivity index (χ3n) is 4.45. The molecule has 0 saturated heterocycles. The standard InChI is InChI=1S/C17H21N5O3S/c1-21-16(12-6-5-9-14(10-12)22(24)25)19-20-17(21)26-11-15(23)18-13-7-3-2-4-8-13/h5-6,9-10,13H,2-4,7-8,11H2,1H3,(H,18,23). The highest BCUT2D eigenvalue weighted by Crippen LogP contribution is 2.25. The molecule has 1 aliphatic carbocycles. The smallest absolute Gasteiger partial charge is 0.270 e. The van der Waals surface area contributed by atoms with E-state index in [0.717, 1.165) is 12.8 Å². The van der Waals surface area contributed by atoms with E-state index in [9.17, 15) is 14.9 Å². The van der Waals surface area contributed by atoms with E-state index in [-0.39, 0.29) is 23.4 Å². The van der Waals surface area contributed by atoms with E-state index >= 15 is 0 Å². The number of carbonyl (C=O) groups excluding carboxylic acids is 1. The van der Waals surface area contributed by atoms with Gasteiger partial charge in [0.05, 0.1) is 10.7 Å². The summed E-state index contributed by atoms with van der Waals surface area (Å²) >= 11 is 1.31. The lowest BCUT2D eigenvalue weighted by atomic mass is 9.95. The summed E-state index contributed by atoms with van der Waals surface area (Å²) in [7, 11) is 1.79. The number of hydrogen-bond donors (Lipinski definition) is 1. The maximum Gasteiger partial charge on any atom is 0.270 e. The molecule has 2 aromatic rings. The second-order valence-electron chi connectivity index (χ2n) is 6.36. The maximum atomic E-state index is 12.1. The number of rotatable bonds is 6. The quantitative estimate of drug-likeness (QED) is 0.473. The number of hydrogen-bond acceptors (Lipinski definition) is 6. The average molecular weight is 375 g/mol. The summed E-state index contributed by atoms with van der Waals surface area (Å²) in [4.78, 5) is 22.6. The van der Waals surface area contributed by atoms with Crippen LogP contribution in [0.2, 0.25) is 0 Å². The second kappa shape index (κ2) is 8.31. The number of nitrogens with zero attached hydrogens (tertiary/aromatic N) is 4. The predicted octanol–water partition coefficient (Wildman–Crippen LogP) is 2.93. The highest BCUT2D eigenvalue weighted by Gasteiger charge is 2.18. The first-order valence-electron chi connectivity index (χ1n) is 8.61. The fourth-order valence-electron chi connectivity index (χ4n) is 3.10. The monoisotopic (exact) mass is 375 g/mol. The van der Waals surface area contributed by atoms with Crippen LogP contribution in [0.25, 0.3) is 11.4 Å². The van der Waals surface area contributed by atoms with Gasteiger partial charge in [0, 0.05) is 30.8 Å². The van der Waals surface area contributed by atoms with Crippen LogP contribution in [0.5, 0.6) is 0 Å². The molecule has 1 aromatic carbocycles. The van der Waals surface area contributed by atoms with Crippen LogP contribution in [0.1, 0.15) is 32.1 Å². The number of benzene rings is 1. The molecular formula is C17H21N5O3S. The minimum absolute atomic E-state index is 0.00167. The molecule has 0 unspecified atom stereocenters. The van der Waals surface area contributed by atoms with Crippen molar-refractivity contribution < 1.29 is 9.72 Å². The summed E-state index contributed by atoms with van der Waals surface area (Å²) < 4.78 is 1.75. The molecule has 1 N–H and O–H groups in total. The minimum atomic E-state index is -0.439. The van der Waals surface area contributed by atoms with E-state index in [1.807, 2.05) is 0 Å². The van der Waals surface area contributed by atoms with Crippen LogP contribution in [0.3, 0.4) is 0 Å². The minimum Gasteiger partial charge on any atom is -0.353 e. The summed E-state index contributed by atoms with van der Waals surface area (Å²) in [6.45, 7) is 0. The van der Waals surface area contributed by atoms with Crippen molar-refractivity contribution in [2.45, 2.75) is 43.3 Å². The Morgan fingerprint density at radius 3 is 2.85 bits per heavy atom. The zero-order valence-electron chi connectivity index (χ0n) is 14.6. The predicted molar refractivity (Wildman–Crippen MR) is 98.8 cm³/mol. The van der Waals surface area contributed by atoms with Gasteiger partial charge in [-0.3, -0.25) is 14.9 Å². The summed E-state index contributed by atoms with van der Waals surface area (Å²) in [5.41, 5.74) is 0.624. The maximum absolute atomic E-state index is 12.1. The van der Waals surface area contributed by atoms with Gasteiger partial charge in [-0.15, -0.1) is 10.2 Å². The highest BCUT2D eigenvalue weighted by atomic mass is 32.2. The Hall–Kier alpha value is -2.42. The van der Waals surface area contributed by atoms with Gasteiger partial charge in [0.15, 0.2) is 11.0 Å². The molecule has 1 aromatic heterocycles. The number of nitro groups is 1. The molecule has 1 aliphatic rings. The van der Waals surface area contributed by atoms with Crippen molar-refractivity contribution in [2.75, 3.05) is 5.75 Å². The molecule has 138 valence electrons. The third kappa shape index (κ3) is 4.40. The Morgan fingerprint density at radius 1 is 1.35 bits per heavy atom. The van der Waals surface area contributed by atoms with E-state index in [4.69, 9.17) is 0 Å². The number of carbonyl (C=O) groups is 1. The van der Waals surface area contributed by atoms with E-state index in [2.05, 4.69) is 15.5 Å². The normalized spacial score (nSPS) is 15.0. The van der Waals surface area contributed by atoms with Crippen LogP contribution in [-0.2, 0) is 11.8 Å². The lowest BCUT2D eigenvalue weighted by Crippen LogP contribution is -2.37. The lowest BCUT2D eigenvalue weighted by molar-refractivity contribution is -0.384. The topological polar surface area (TPSA) is 103 Å². The number of nitrogens with one attached hydrogen (secondary N) is 1. The highest BCUT2D eigenvalue weighted by molar-refractivity contribution is 7.99. The van der Waals surface area contributed by atoms with E-state index in [1.54, 1.807) is 23.7 Å². The third-order valence-corrected chi connectivity index (χ3v) is 5.47. The van der Waals surface area contributed by atoms with Crippen LogP contribution in [-0.4, -0.2) is 37.4 Å². The molecule has 0 radical (unpaired) electrons. The van der Waals surface area contributed by atoms with Gasteiger partial charge >= 0.3 is 0 Å². The Kier molecular flexibility index (Phi) is 5.87. The Morgan fingerprint density at radius 2 is 2.12 bits per heavy atom. The number of thioether (sulfide) groups is 1. The number of non-ortho nitro benzene ring substituents is 1. The van der Waals surface area contributed by atoms with Crippen molar-refractivity contribution in [3.63, 3.8) is 0 Å². The molecule has 9 heteroatoms. The van der Waals surface area contributed by atoms with Crippen LogP contribution >= 0.6 is 11.8 Å². The molecule has 8 nitrogen and oxygen atoms in total. The van der Waals surface area contributed by atoms with Crippen molar-refractivity contribution in [1.29, 1.82) is 0 Å². The van der Waals surface area contributed by atoms with Gasteiger partial charge in [-0.25, -0.2) is 0 Å². The van der Waals surface area contributed by atoms with Crippen molar-refractivity contribution in [3.8, 4) is 11.4 Å². The molecule has 1 amide bonds. The van der Waals surface area contributed by atoms with E-state index < -0.39 is 4.92 Å².